The summed E-state index contributed by atoms with van der Waals surface area (Å²) in [4.78, 5) is 1.22. The van der Waals surface area contributed by atoms with Crippen LogP contribution in [0.25, 0.3) is 0 Å². The summed E-state index contributed by atoms with van der Waals surface area (Å²) in [5.41, 5.74) is 2.61. The van der Waals surface area contributed by atoms with Gasteiger partial charge in [-0.3, -0.25) is 0 Å². The van der Waals surface area contributed by atoms with E-state index in [9.17, 15) is 5.11 Å². The van der Waals surface area contributed by atoms with E-state index in [1.165, 1.54) is 16.0 Å². The summed E-state index contributed by atoms with van der Waals surface area (Å²) in [6.07, 6.45) is -0.325. The molecule has 0 saturated carbocycles. The summed E-state index contributed by atoms with van der Waals surface area (Å²) < 4.78 is 4.93. The third-order valence-electron chi connectivity index (χ3n) is 2.78. The van der Waals surface area contributed by atoms with E-state index in [1.54, 1.807) is 18.9 Å². The maximum Gasteiger partial charge on any atom is 0.0758 e. The van der Waals surface area contributed by atoms with Gasteiger partial charge in [0.2, 0.25) is 0 Å². The maximum absolute atomic E-state index is 9.81. The Labute approximate surface area is 114 Å². The third kappa shape index (κ3) is 5.87. The van der Waals surface area contributed by atoms with E-state index in [0.717, 1.165) is 6.54 Å². The van der Waals surface area contributed by atoms with E-state index in [1.807, 2.05) is 0 Å². The first kappa shape index (κ1) is 15.5. The molecule has 0 aliphatic carbocycles. The number of aryl methyl sites for hydroxylation is 2. The van der Waals surface area contributed by atoms with Crippen molar-refractivity contribution >= 4 is 11.8 Å². The Kier molecular flexibility index (Phi) is 7.35. The van der Waals surface area contributed by atoms with Gasteiger partial charge in [0.15, 0.2) is 0 Å². The molecule has 0 heterocycles. The van der Waals surface area contributed by atoms with Crippen molar-refractivity contribution in [2.24, 2.45) is 0 Å². The second kappa shape index (κ2) is 8.53. The summed E-state index contributed by atoms with van der Waals surface area (Å²) in [7, 11) is 1.67. The zero-order valence-electron chi connectivity index (χ0n) is 11.4. The molecule has 4 heteroatoms. The highest BCUT2D eigenvalue weighted by Gasteiger charge is 2.05. The Morgan fingerprint density at radius 1 is 1.33 bits per heavy atom. The van der Waals surface area contributed by atoms with E-state index in [0.29, 0.717) is 18.9 Å². The first-order chi connectivity index (χ1) is 8.63. The van der Waals surface area contributed by atoms with E-state index in [-0.39, 0.29) is 6.10 Å². The molecule has 0 radical (unpaired) electrons. The predicted octanol–water partition coefficient (Wildman–Crippen LogP) is 1.99. The molecule has 1 rings (SSSR count). The molecule has 0 spiro atoms. The molecule has 1 aromatic rings. The Bertz CT molecular complexity index is 358. The van der Waals surface area contributed by atoms with Crippen LogP contribution in [0, 0.1) is 13.8 Å². The molecule has 0 amide bonds. The first-order valence-corrected chi connectivity index (χ1v) is 7.20. The number of ether oxygens (including phenoxy) is 1. The van der Waals surface area contributed by atoms with Gasteiger partial charge in [0, 0.05) is 30.8 Å². The van der Waals surface area contributed by atoms with Crippen molar-refractivity contribution in [3.63, 3.8) is 0 Å². The fourth-order valence-corrected chi connectivity index (χ4v) is 2.43. The fraction of sp³-hybridized carbons (Fsp3) is 0.571. The number of aliphatic hydroxyl groups excluding tert-OH is 1. The van der Waals surface area contributed by atoms with Gasteiger partial charge in [-0.25, -0.2) is 0 Å². The van der Waals surface area contributed by atoms with Crippen LogP contribution in [0.1, 0.15) is 11.1 Å². The van der Waals surface area contributed by atoms with Crippen LogP contribution in [0.4, 0.5) is 0 Å². The van der Waals surface area contributed by atoms with Gasteiger partial charge in [0.05, 0.1) is 12.7 Å². The van der Waals surface area contributed by atoms with Crippen LogP contribution in [-0.2, 0) is 4.74 Å². The van der Waals surface area contributed by atoms with Crippen LogP contribution < -0.4 is 5.32 Å². The fourth-order valence-electron chi connectivity index (χ4n) is 1.50. The second-order valence-corrected chi connectivity index (χ2v) is 5.50. The van der Waals surface area contributed by atoms with Gasteiger partial charge in [-0.15, -0.1) is 11.8 Å². The van der Waals surface area contributed by atoms with Crippen LogP contribution in [0.5, 0.6) is 0 Å². The number of aliphatic hydroxyl groups is 1. The van der Waals surface area contributed by atoms with Crippen LogP contribution in [0.3, 0.4) is 0 Å². The Morgan fingerprint density at radius 3 is 2.78 bits per heavy atom. The molecule has 0 aromatic heterocycles. The van der Waals surface area contributed by atoms with E-state index < -0.39 is 0 Å². The average molecular weight is 269 g/mol. The molecule has 3 nitrogen and oxygen atoms in total. The summed E-state index contributed by atoms with van der Waals surface area (Å²) in [6, 6.07) is 6.41. The summed E-state index contributed by atoms with van der Waals surface area (Å²) in [5.74, 6) is 0.711. The molecule has 18 heavy (non-hydrogen) atoms. The SMILES string of the molecule is COCCNCC(O)CSc1ccc(C)c(C)c1. The van der Waals surface area contributed by atoms with Gasteiger partial charge in [-0.1, -0.05) is 6.07 Å². The quantitative estimate of drug-likeness (QED) is 0.559. The highest BCUT2D eigenvalue weighted by Crippen LogP contribution is 2.21. The van der Waals surface area contributed by atoms with E-state index in [2.05, 4.69) is 37.4 Å². The largest absolute Gasteiger partial charge is 0.391 e. The molecule has 0 aliphatic rings. The van der Waals surface area contributed by atoms with Crippen molar-refractivity contribution in [3.8, 4) is 0 Å². The summed E-state index contributed by atoms with van der Waals surface area (Å²) in [6.45, 7) is 6.29. The highest BCUT2D eigenvalue weighted by atomic mass is 32.2. The van der Waals surface area contributed by atoms with Crippen LogP contribution in [-0.4, -0.2) is 43.8 Å². The molecule has 1 aromatic carbocycles. The van der Waals surface area contributed by atoms with Crippen molar-refractivity contribution < 1.29 is 9.84 Å². The molecular formula is C14H23NO2S. The average Bonchev–Trinajstić information content (AvgIpc) is 2.36. The molecule has 0 saturated heterocycles. The molecule has 0 bridgehead atoms. The lowest BCUT2D eigenvalue weighted by atomic mass is 10.1. The van der Waals surface area contributed by atoms with Crippen molar-refractivity contribution in [1.82, 2.24) is 5.32 Å². The minimum atomic E-state index is -0.325. The van der Waals surface area contributed by atoms with Gasteiger partial charge in [0.1, 0.15) is 0 Å². The zero-order chi connectivity index (χ0) is 13.4. The molecule has 2 N–H and O–H groups in total. The standard InChI is InChI=1S/C14H23NO2S/c1-11-4-5-14(8-12(11)2)18-10-13(16)9-15-6-7-17-3/h4-5,8,13,15-16H,6-7,9-10H2,1-3H3. The lowest BCUT2D eigenvalue weighted by Crippen LogP contribution is -2.30. The minimum absolute atomic E-state index is 0.325. The lowest BCUT2D eigenvalue weighted by molar-refractivity contribution is 0.175. The molecule has 1 unspecified atom stereocenters. The van der Waals surface area contributed by atoms with Gasteiger partial charge < -0.3 is 15.2 Å². The first-order valence-electron chi connectivity index (χ1n) is 6.21. The minimum Gasteiger partial charge on any atom is -0.391 e. The van der Waals surface area contributed by atoms with Gasteiger partial charge >= 0.3 is 0 Å². The predicted molar refractivity (Wildman–Crippen MR) is 77.4 cm³/mol. The van der Waals surface area contributed by atoms with Gasteiger partial charge in [-0.05, 0) is 37.1 Å². The number of nitrogens with one attached hydrogen (secondary N) is 1. The number of rotatable bonds is 8. The Balaban J connectivity index is 2.24. The lowest BCUT2D eigenvalue weighted by Gasteiger charge is -2.12. The van der Waals surface area contributed by atoms with Crippen LogP contribution in [0.2, 0.25) is 0 Å². The van der Waals surface area contributed by atoms with Crippen LogP contribution in [0.15, 0.2) is 23.1 Å². The van der Waals surface area contributed by atoms with Gasteiger partial charge in [0.25, 0.3) is 0 Å². The monoisotopic (exact) mass is 269 g/mol. The topological polar surface area (TPSA) is 41.5 Å². The molecular weight excluding hydrogens is 246 g/mol. The van der Waals surface area contributed by atoms with Crippen molar-refractivity contribution in [1.29, 1.82) is 0 Å². The smallest absolute Gasteiger partial charge is 0.0758 e. The summed E-state index contributed by atoms with van der Waals surface area (Å²) >= 11 is 1.69. The number of hydrogen-bond donors (Lipinski definition) is 2. The number of hydrogen-bond acceptors (Lipinski definition) is 4. The number of thioether (sulfide) groups is 1. The molecule has 0 aliphatic heterocycles. The third-order valence-corrected chi connectivity index (χ3v) is 3.92. The summed E-state index contributed by atoms with van der Waals surface area (Å²) in [5, 5.41) is 13.0. The Morgan fingerprint density at radius 2 is 2.11 bits per heavy atom. The Hall–Kier alpha value is -0.550. The van der Waals surface area contributed by atoms with E-state index >= 15 is 0 Å². The second-order valence-electron chi connectivity index (χ2n) is 4.41. The van der Waals surface area contributed by atoms with E-state index in [4.69, 9.17) is 4.74 Å². The highest BCUT2D eigenvalue weighted by molar-refractivity contribution is 7.99. The van der Waals surface area contributed by atoms with Crippen LogP contribution >= 0.6 is 11.8 Å². The molecule has 102 valence electrons. The van der Waals surface area contributed by atoms with Crippen molar-refractivity contribution in [3.05, 3.63) is 29.3 Å². The zero-order valence-corrected chi connectivity index (χ0v) is 12.2. The van der Waals surface area contributed by atoms with Crippen molar-refractivity contribution in [2.75, 3.05) is 32.6 Å². The number of benzene rings is 1. The van der Waals surface area contributed by atoms with Gasteiger partial charge in [-0.2, -0.15) is 0 Å². The normalized spacial score (nSPS) is 12.7. The maximum atomic E-state index is 9.81. The number of methoxy groups -OCH3 is 1. The molecule has 1 atom stereocenters. The molecule has 0 fully saturated rings. The van der Waals surface area contributed by atoms with Crippen molar-refractivity contribution in [2.45, 2.75) is 24.8 Å².